The molecule has 0 spiro atoms. The van der Waals surface area contributed by atoms with E-state index in [2.05, 4.69) is 48.7 Å². The number of hydrogen-bond acceptors (Lipinski definition) is 8. The minimum absolute atomic E-state index is 0.0904. The number of aliphatic hydroxyl groups excluding tert-OH is 2. The normalized spacial score (nSPS) is 19.7. The molecule has 1 saturated heterocycles. The van der Waals surface area contributed by atoms with E-state index in [0.29, 0.717) is 38.9 Å². The van der Waals surface area contributed by atoms with Gasteiger partial charge in [-0.3, -0.25) is 0 Å². The Balaban J connectivity index is 1.91. The zero-order valence-electron chi connectivity index (χ0n) is 17.7. The molecule has 9 heteroatoms. The van der Waals surface area contributed by atoms with E-state index in [0.717, 1.165) is 5.69 Å². The van der Waals surface area contributed by atoms with E-state index in [1.165, 1.54) is 0 Å². The molecule has 2 N–H and O–H groups in total. The van der Waals surface area contributed by atoms with Crippen LogP contribution in [0.3, 0.4) is 0 Å². The molecule has 2 heterocycles. The Morgan fingerprint density at radius 1 is 1.39 bits per heavy atom. The van der Waals surface area contributed by atoms with Gasteiger partial charge < -0.3 is 29.0 Å². The van der Waals surface area contributed by atoms with Crippen molar-refractivity contribution in [3.63, 3.8) is 0 Å². The molecule has 1 aliphatic rings. The fourth-order valence-corrected chi connectivity index (χ4v) is 3.42. The maximum absolute atomic E-state index is 9.35. The zero-order chi connectivity index (χ0) is 20.8. The van der Waals surface area contributed by atoms with Crippen LogP contribution in [-0.2, 0) is 20.5 Å². The van der Waals surface area contributed by atoms with Crippen molar-refractivity contribution in [1.82, 2.24) is 9.97 Å². The van der Waals surface area contributed by atoms with E-state index in [-0.39, 0.29) is 24.4 Å². The highest BCUT2D eigenvalue weighted by molar-refractivity contribution is 6.74. The molecule has 0 saturated carbocycles. The molecule has 0 radical (unpaired) electrons. The van der Waals surface area contributed by atoms with Crippen LogP contribution in [-0.4, -0.2) is 80.2 Å². The summed E-state index contributed by atoms with van der Waals surface area (Å²) in [5.41, 5.74) is 0.875. The van der Waals surface area contributed by atoms with Gasteiger partial charge in [0.1, 0.15) is 6.10 Å². The van der Waals surface area contributed by atoms with Crippen molar-refractivity contribution in [2.45, 2.75) is 57.7 Å². The molecular formula is C19H35N3O5Si. The highest BCUT2D eigenvalue weighted by Crippen LogP contribution is 2.37. The average molecular weight is 414 g/mol. The third-order valence-electron chi connectivity index (χ3n) is 5.33. The largest absolute Gasteiger partial charge is 0.411 e. The molecule has 0 aliphatic carbocycles. The quantitative estimate of drug-likeness (QED) is 0.589. The van der Waals surface area contributed by atoms with Gasteiger partial charge in [-0.25, -0.2) is 9.97 Å². The molecule has 8 nitrogen and oxygen atoms in total. The molecular weight excluding hydrogens is 378 g/mol. The minimum atomic E-state index is -1.83. The number of ether oxygens (including phenoxy) is 2. The average Bonchev–Trinajstić information content (AvgIpc) is 2.66. The van der Waals surface area contributed by atoms with Crippen LogP contribution in [0.2, 0.25) is 18.1 Å². The van der Waals surface area contributed by atoms with E-state index in [9.17, 15) is 5.11 Å². The summed E-state index contributed by atoms with van der Waals surface area (Å²) >= 11 is 0. The predicted octanol–water partition coefficient (Wildman–Crippen LogP) is 1.57. The molecule has 2 atom stereocenters. The third kappa shape index (κ3) is 6.75. The van der Waals surface area contributed by atoms with Gasteiger partial charge in [-0.15, -0.1) is 0 Å². The molecule has 1 aliphatic heterocycles. The summed E-state index contributed by atoms with van der Waals surface area (Å²) in [6.07, 6.45) is 0.779. The lowest BCUT2D eigenvalue weighted by molar-refractivity contribution is -0.0522. The maximum Gasteiger partial charge on any atom is 0.225 e. The number of aromatic nitrogens is 2. The fraction of sp³-hybridized carbons (Fsp3) is 0.789. The lowest BCUT2D eigenvalue weighted by Crippen LogP contribution is -2.45. The fourth-order valence-electron chi connectivity index (χ4n) is 2.48. The van der Waals surface area contributed by atoms with E-state index in [1.807, 2.05) is 6.07 Å². The van der Waals surface area contributed by atoms with Gasteiger partial charge in [0.05, 0.1) is 44.8 Å². The van der Waals surface area contributed by atoms with Gasteiger partial charge in [0, 0.05) is 19.3 Å². The van der Waals surface area contributed by atoms with Crippen molar-refractivity contribution in [1.29, 1.82) is 0 Å². The SMILES string of the molecule is CC(C)(C)[Si](C)(C)OCc1ccnc(N2CCOC(COCC(O)CO)C2)n1. The summed E-state index contributed by atoms with van der Waals surface area (Å²) in [7, 11) is -1.83. The van der Waals surface area contributed by atoms with Crippen LogP contribution in [0.1, 0.15) is 26.5 Å². The highest BCUT2D eigenvalue weighted by Gasteiger charge is 2.37. The van der Waals surface area contributed by atoms with Crippen LogP contribution in [0.25, 0.3) is 0 Å². The molecule has 1 fully saturated rings. The monoisotopic (exact) mass is 413 g/mol. The number of hydrogen-bond donors (Lipinski definition) is 2. The smallest absolute Gasteiger partial charge is 0.225 e. The molecule has 0 aromatic carbocycles. The summed E-state index contributed by atoms with van der Waals surface area (Å²) in [6.45, 7) is 13.6. The Bertz CT molecular complexity index is 611. The Morgan fingerprint density at radius 3 is 2.82 bits per heavy atom. The van der Waals surface area contributed by atoms with E-state index in [1.54, 1.807) is 6.20 Å². The van der Waals surface area contributed by atoms with Crippen LogP contribution in [0, 0.1) is 0 Å². The highest BCUT2D eigenvalue weighted by atomic mass is 28.4. The van der Waals surface area contributed by atoms with E-state index in [4.69, 9.17) is 19.0 Å². The first-order chi connectivity index (χ1) is 13.1. The van der Waals surface area contributed by atoms with Gasteiger partial charge in [-0.05, 0) is 24.2 Å². The standard InChI is InChI=1S/C19H35N3O5Si/c1-19(2,3)28(4,5)27-12-15-6-7-20-18(21-15)22-8-9-26-17(10-22)14-25-13-16(24)11-23/h6-7,16-17,23-24H,8-14H2,1-5H3. The zero-order valence-corrected chi connectivity index (χ0v) is 18.7. The molecule has 0 bridgehead atoms. The van der Waals surface area contributed by atoms with Gasteiger partial charge >= 0.3 is 0 Å². The summed E-state index contributed by atoms with van der Waals surface area (Å²) in [6, 6.07) is 1.90. The molecule has 160 valence electrons. The summed E-state index contributed by atoms with van der Waals surface area (Å²) in [5, 5.41) is 18.3. The van der Waals surface area contributed by atoms with Gasteiger partial charge in [0.15, 0.2) is 8.32 Å². The maximum atomic E-state index is 9.35. The number of rotatable bonds is 9. The van der Waals surface area contributed by atoms with Crippen molar-refractivity contribution >= 4 is 14.3 Å². The Labute approximate surface area is 169 Å². The van der Waals surface area contributed by atoms with Crippen LogP contribution >= 0.6 is 0 Å². The first-order valence-corrected chi connectivity index (χ1v) is 12.7. The van der Waals surface area contributed by atoms with E-state index < -0.39 is 14.4 Å². The summed E-state index contributed by atoms with van der Waals surface area (Å²) in [4.78, 5) is 11.2. The predicted molar refractivity (Wildman–Crippen MR) is 110 cm³/mol. The van der Waals surface area contributed by atoms with Crippen molar-refractivity contribution in [2.24, 2.45) is 0 Å². The van der Waals surface area contributed by atoms with Gasteiger partial charge in [0.2, 0.25) is 5.95 Å². The van der Waals surface area contributed by atoms with E-state index >= 15 is 0 Å². The van der Waals surface area contributed by atoms with Gasteiger partial charge in [0.25, 0.3) is 0 Å². The van der Waals surface area contributed by atoms with Gasteiger partial charge in [-0.2, -0.15) is 0 Å². The number of aliphatic hydroxyl groups is 2. The Morgan fingerprint density at radius 2 is 2.14 bits per heavy atom. The first kappa shape index (κ1) is 23.2. The molecule has 1 aromatic rings. The second-order valence-corrected chi connectivity index (χ2v) is 13.5. The molecule has 28 heavy (non-hydrogen) atoms. The molecule has 2 unspecified atom stereocenters. The Hall–Kier alpha value is -1.10. The van der Waals surface area contributed by atoms with Crippen LogP contribution in [0.4, 0.5) is 5.95 Å². The number of anilines is 1. The second-order valence-electron chi connectivity index (χ2n) is 8.71. The van der Waals surface area contributed by atoms with Crippen LogP contribution in [0.5, 0.6) is 0 Å². The number of nitrogens with zero attached hydrogens (tertiary/aromatic N) is 3. The van der Waals surface area contributed by atoms with Crippen LogP contribution < -0.4 is 4.90 Å². The van der Waals surface area contributed by atoms with Crippen LogP contribution in [0.15, 0.2) is 12.3 Å². The first-order valence-electron chi connectivity index (χ1n) is 9.81. The third-order valence-corrected chi connectivity index (χ3v) is 9.81. The Kier molecular flexibility index (Phi) is 8.35. The number of morpholine rings is 1. The van der Waals surface area contributed by atoms with Crippen molar-refractivity contribution in [3.8, 4) is 0 Å². The topological polar surface area (TPSA) is 97.2 Å². The second kappa shape index (κ2) is 10.1. The minimum Gasteiger partial charge on any atom is -0.411 e. The van der Waals surface area contributed by atoms with Crippen molar-refractivity contribution in [3.05, 3.63) is 18.0 Å². The lowest BCUT2D eigenvalue weighted by atomic mass is 10.2. The van der Waals surface area contributed by atoms with Gasteiger partial charge in [-0.1, -0.05) is 20.8 Å². The molecule has 0 amide bonds. The molecule has 1 aromatic heterocycles. The summed E-state index contributed by atoms with van der Waals surface area (Å²) in [5.74, 6) is 0.667. The lowest BCUT2D eigenvalue weighted by Gasteiger charge is -2.36. The summed E-state index contributed by atoms with van der Waals surface area (Å²) < 4.78 is 17.4. The molecule has 2 rings (SSSR count). The van der Waals surface area contributed by atoms with Crippen molar-refractivity contribution in [2.75, 3.05) is 44.4 Å². The van der Waals surface area contributed by atoms with Crippen molar-refractivity contribution < 1.29 is 24.1 Å².